The smallest absolute Gasteiger partial charge is 0.394 e. The van der Waals surface area contributed by atoms with E-state index >= 15 is 0 Å². The Morgan fingerprint density at radius 3 is 2.39 bits per heavy atom. The van der Waals surface area contributed by atoms with Crippen molar-refractivity contribution < 1.29 is 59.0 Å². The van der Waals surface area contributed by atoms with E-state index in [9.17, 15) is 19.3 Å². The average molecular weight is 473 g/mol. The molecule has 1 saturated heterocycles. The number of phosphoric acid groups is 1. The van der Waals surface area contributed by atoms with E-state index in [2.05, 4.69) is 9.51 Å². The maximum atomic E-state index is 11.7. The minimum Gasteiger partial charge on any atom is -0.394 e. The number of nitrogens with zero attached hydrogens (tertiary/aromatic N) is 2. The third-order valence-corrected chi connectivity index (χ3v) is 4.46. The first kappa shape index (κ1) is 27.2. The molecule has 1 fully saturated rings. The van der Waals surface area contributed by atoms with Gasteiger partial charge in [0.15, 0.2) is 12.5 Å². The molecule has 1 aliphatic rings. The van der Waals surface area contributed by atoms with Crippen LogP contribution in [-0.2, 0) is 18.6 Å². The minimum atomic E-state index is -4.91. The molecule has 1 aromatic rings. The van der Waals surface area contributed by atoms with Crippen molar-refractivity contribution in [2.75, 3.05) is 18.9 Å². The van der Waals surface area contributed by atoms with Crippen LogP contribution in [0, 0.1) is 0 Å². The molecule has 0 aromatic carbocycles. The van der Waals surface area contributed by atoms with Crippen LogP contribution in [-0.4, -0.2) is 106 Å². The zero-order valence-electron chi connectivity index (χ0n) is 15.7. The van der Waals surface area contributed by atoms with Crippen molar-refractivity contribution in [2.24, 2.45) is 0 Å². The highest BCUT2D eigenvalue weighted by Gasteiger charge is 2.48. The van der Waals surface area contributed by atoms with Gasteiger partial charge in [-0.2, -0.15) is 4.98 Å². The van der Waals surface area contributed by atoms with Gasteiger partial charge in [-0.05, 0) is 6.07 Å². The predicted octanol–water partition coefficient (Wildman–Crippen LogP) is -5.19. The molecule has 17 heteroatoms. The van der Waals surface area contributed by atoms with Gasteiger partial charge in [-0.1, -0.05) is 0 Å². The third-order valence-electron chi connectivity index (χ3n) is 3.94. The number of hydrogen-bond donors (Lipinski definition) is 9. The standard InChI is InChI=1S/C9H14N3O8P.C5H10O5/c10-5-1-2-12(9(15)11-5)8-6(14)7(4(3-13)19-8)20-21(16,17)18;6-1-3(8)5(10)4(9)2-7/h1-2,4,6-8,13-14H,3H2,(H2,10,11,15)(H2,16,17,18);1,3-5,7-10H,2H2/t4-,6-,7-,8-;/m1./s1. The van der Waals surface area contributed by atoms with Crippen molar-refractivity contribution in [1.82, 2.24) is 9.55 Å². The highest BCUT2D eigenvalue weighted by atomic mass is 31.2. The zero-order valence-corrected chi connectivity index (χ0v) is 16.6. The van der Waals surface area contributed by atoms with E-state index < -0.39 is 69.6 Å². The van der Waals surface area contributed by atoms with E-state index in [1.54, 1.807) is 0 Å². The summed E-state index contributed by atoms with van der Waals surface area (Å²) in [5.74, 6) is -0.0366. The van der Waals surface area contributed by atoms with E-state index in [-0.39, 0.29) is 12.1 Å². The molecule has 2 heterocycles. The second-order valence-corrected chi connectivity index (χ2v) is 7.40. The van der Waals surface area contributed by atoms with E-state index in [1.165, 1.54) is 12.3 Å². The van der Waals surface area contributed by atoms with Crippen molar-refractivity contribution in [3.05, 3.63) is 22.7 Å². The van der Waals surface area contributed by atoms with Crippen molar-refractivity contribution >= 4 is 19.9 Å². The fourth-order valence-corrected chi connectivity index (χ4v) is 3.00. The Balaban J connectivity index is 0.000000407. The number of rotatable bonds is 8. The quantitative estimate of drug-likeness (QED) is 0.126. The van der Waals surface area contributed by atoms with Gasteiger partial charge in [0.25, 0.3) is 0 Å². The number of anilines is 1. The van der Waals surface area contributed by atoms with Crippen molar-refractivity contribution in [3.63, 3.8) is 0 Å². The molecule has 0 saturated carbocycles. The third kappa shape index (κ3) is 7.67. The number of hydrogen-bond acceptors (Lipinski definition) is 13. The average Bonchev–Trinajstić information content (AvgIpc) is 3.00. The maximum Gasteiger partial charge on any atom is 0.470 e. The first-order valence-electron chi connectivity index (χ1n) is 8.49. The molecule has 1 aliphatic heterocycles. The Labute approximate surface area is 174 Å². The number of aliphatic hydroxyl groups excluding tert-OH is 6. The molecule has 16 nitrogen and oxygen atoms in total. The fourth-order valence-electron chi connectivity index (χ4n) is 2.42. The fraction of sp³-hybridized carbons (Fsp3) is 0.643. The summed E-state index contributed by atoms with van der Waals surface area (Å²) < 4.78 is 21.4. The van der Waals surface area contributed by atoms with Gasteiger partial charge < -0.3 is 55.7 Å². The van der Waals surface area contributed by atoms with E-state index in [0.717, 1.165) is 4.57 Å². The van der Waals surface area contributed by atoms with Crippen LogP contribution < -0.4 is 11.4 Å². The molecule has 0 bridgehead atoms. The molecule has 3 unspecified atom stereocenters. The summed E-state index contributed by atoms with van der Waals surface area (Å²) >= 11 is 0. The Bertz CT molecular complexity index is 817. The summed E-state index contributed by atoms with van der Waals surface area (Å²) in [6, 6.07) is 1.28. The molecule has 10 N–H and O–H groups in total. The number of ether oxygens (including phenoxy) is 1. The minimum absolute atomic E-state index is 0.0366. The van der Waals surface area contributed by atoms with Crippen molar-refractivity contribution in [2.45, 2.75) is 42.9 Å². The molecule has 7 atom stereocenters. The second kappa shape index (κ2) is 11.7. The van der Waals surface area contributed by atoms with Crippen LogP contribution in [0.1, 0.15) is 6.23 Å². The maximum absolute atomic E-state index is 11.7. The van der Waals surface area contributed by atoms with Crippen molar-refractivity contribution in [1.29, 1.82) is 0 Å². The predicted molar refractivity (Wildman–Crippen MR) is 98.0 cm³/mol. The van der Waals surface area contributed by atoms with Gasteiger partial charge in [-0.3, -0.25) is 9.09 Å². The zero-order chi connectivity index (χ0) is 23.9. The molecule has 0 amide bonds. The van der Waals surface area contributed by atoms with Gasteiger partial charge >= 0.3 is 13.5 Å². The van der Waals surface area contributed by atoms with E-state index in [0.29, 0.717) is 0 Å². The first-order chi connectivity index (χ1) is 14.4. The lowest BCUT2D eigenvalue weighted by Gasteiger charge is -2.20. The summed E-state index contributed by atoms with van der Waals surface area (Å²) in [7, 11) is -4.91. The highest BCUT2D eigenvalue weighted by Crippen LogP contribution is 2.43. The van der Waals surface area contributed by atoms with Gasteiger partial charge in [0.05, 0.1) is 13.2 Å². The number of nitrogens with two attached hydrogens (primary N) is 1. The van der Waals surface area contributed by atoms with Gasteiger partial charge in [0.1, 0.15) is 42.4 Å². The summed E-state index contributed by atoms with van der Waals surface area (Å²) in [6.07, 6.45) is -9.08. The van der Waals surface area contributed by atoms with Crippen LogP contribution in [0.4, 0.5) is 5.82 Å². The van der Waals surface area contributed by atoms with Gasteiger partial charge in [-0.25, -0.2) is 9.36 Å². The van der Waals surface area contributed by atoms with E-state index in [1.807, 2.05) is 0 Å². The molecule has 178 valence electrons. The number of nitrogen functional groups attached to an aromatic ring is 1. The second-order valence-electron chi connectivity index (χ2n) is 6.21. The highest BCUT2D eigenvalue weighted by molar-refractivity contribution is 7.46. The summed E-state index contributed by atoms with van der Waals surface area (Å²) in [4.78, 5) is 42.5. The monoisotopic (exact) mass is 473 g/mol. The van der Waals surface area contributed by atoms with Crippen LogP contribution in [0.3, 0.4) is 0 Å². The summed E-state index contributed by atoms with van der Waals surface area (Å²) in [5, 5.41) is 53.2. The normalized spacial score (nSPS) is 26.5. The molecular weight excluding hydrogens is 449 g/mol. The van der Waals surface area contributed by atoms with Gasteiger partial charge in [0.2, 0.25) is 0 Å². The molecule has 31 heavy (non-hydrogen) atoms. The lowest BCUT2D eigenvalue weighted by molar-refractivity contribution is -0.127. The topological polar surface area (TPSA) is 275 Å². The summed E-state index contributed by atoms with van der Waals surface area (Å²) in [6.45, 7) is -1.36. The van der Waals surface area contributed by atoms with E-state index in [4.69, 9.17) is 45.8 Å². The number of carbonyl (C=O) groups is 1. The number of carbonyl (C=O) groups excluding carboxylic acids is 1. The van der Waals surface area contributed by atoms with Crippen LogP contribution in [0.2, 0.25) is 0 Å². The number of phosphoric ester groups is 1. The molecule has 2 rings (SSSR count). The number of aromatic nitrogens is 2. The number of aliphatic hydroxyl groups is 6. The van der Waals surface area contributed by atoms with Gasteiger partial charge in [0, 0.05) is 6.20 Å². The molecule has 0 spiro atoms. The molecular formula is C14H24N3O13P. The van der Waals surface area contributed by atoms with Crippen LogP contribution in [0.15, 0.2) is 17.1 Å². The van der Waals surface area contributed by atoms with Gasteiger partial charge in [-0.15, -0.1) is 0 Å². The Morgan fingerprint density at radius 1 is 1.32 bits per heavy atom. The Morgan fingerprint density at radius 2 is 1.94 bits per heavy atom. The Kier molecular flexibility index (Phi) is 10.3. The molecule has 1 aromatic heterocycles. The first-order valence-corrected chi connectivity index (χ1v) is 10.0. The lowest BCUT2D eigenvalue weighted by Crippen LogP contribution is -2.40. The Hall–Kier alpha value is -1.82. The lowest BCUT2D eigenvalue weighted by atomic mass is 10.1. The van der Waals surface area contributed by atoms with Crippen LogP contribution in [0.25, 0.3) is 0 Å². The molecule has 0 radical (unpaired) electrons. The van der Waals surface area contributed by atoms with Crippen LogP contribution in [0.5, 0.6) is 0 Å². The van der Waals surface area contributed by atoms with Crippen LogP contribution >= 0.6 is 7.82 Å². The SMILES string of the molecule is Nc1ccn([C@@H]2O[C@H](CO)[C@@H](OP(=O)(O)O)[C@H]2O)c(=O)n1.O=CC(O)C(O)C(O)CO. The summed E-state index contributed by atoms with van der Waals surface area (Å²) in [5.41, 5.74) is 4.50. The largest absolute Gasteiger partial charge is 0.470 e. The molecule has 0 aliphatic carbocycles. The number of aldehydes is 1. The van der Waals surface area contributed by atoms with Crippen molar-refractivity contribution in [3.8, 4) is 0 Å².